The number of nitrogens with one attached hydrogen (secondary N) is 1. The van der Waals surface area contributed by atoms with Crippen LogP contribution in [0.25, 0.3) is 0 Å². The third-order valence-electron chi connectivity index (χ3n) is 4.63. The summed E-state index contributed by atoms with van der Waals surface area (Å²) in [7, 11) is 0. The molecule has 1 N–H and O–H groups in total. The fourth-order valence-electron chi connectivity index (χ4n) is 2.71. The summed E-state index contributed by atoms with van der Waals surface area (Å²) in [5.41, 5.74) is 1.86. The molecule has 0 aliphatic rings. The van der Waals surface area contributed by atoms with Gasteiger partial charge < -0.3 is 10.2 Å². The van der Waals surface area contributed by atoms with E-state index in [1.807, 2.05) is 56.3 Å². The van der Waals surface area contributed by atoms with Crippen LogP contribution in [-0.2, 0) is 22.6 Å². The highest BCUT2D eigenvalue weighted by atomic mass is 35.5. The van der Waals surface area contributed by atoms with Gasteiger partial charge in [-0.15, -0.1) is 0 Å². The van der Waals surface area contributed by atoms with Gasteiger partial charge in [-0.25, -0.2) is 0 Å². The molecular weight excluding hydrogens is 360 g/mol. The van der Waals surface area contributed by atoms with Crippen molar-refractivity contribution in [3.05, 3.63) is 70.7 Å². The topological polar surface area (TPSA) is 49.4 Å². The molecular formula is C22H27ClN2O2. The zero-order chi connectivity index (χ0) is 19.8. The standard InChI is InChI=1S/C22H27ClN2O2/c1-4-16(2)24-22(27)17(3)25(15-19-10-12-20(23)13-11-19)21(26)14-18-8-6-5-7-9-18/h5-13,16-17H,4,14-15H2,1-3H3,(H,24,27). The molecule has 0 aromatic heterocycles. The predicted molar refractivity (Wildman–Crippen MR) is 110 cm³/mol. The number of hydrogen-bond acceptors (Lipinski definition) is 2. The summed E-state index contributed by atoms with van der Waals surface area (Å²) >= 11 is 5.96. The van der Waals surface area contributed by atoms with Gasteiger partial charge in [-0.1, -0.05) is 61.0 Å². The van der Waals surface area contributed by atoms with Crippen LogP contribution in [0.1, 0.15) is 38.3 Å². The Hall–Kier alpha value is -2.33. The van der Waals surface area contributed by atoms with E-state index in [4.69, 9.17) is 11.6 Å². The van der Waals surface area contributed by atoms with E-state index < -0.39 is 6.04 Å². The Morgan fingerprint density at radius 2 is 1.63 bits per heavy atom. The first-order valence-corrected chi connectivity index (χ1v) is 9.66. The zero-order valence-corrected chi connectivity index (χ0v) is 16.9. The molecule has 2 rings (SSSR count). The van der Waals surface area contributed by atoms with E-state index in [0.29, 0.717) is 11.6 Å². The third-order valence-corrected chi connectivity index (χ3v) is 4.88. The lowest BCUT2D eigenvalue weighted by atomic mass is 10.1. The lowest BCUT2D eigenvalue weighted by molar-refractivity contribution is -0.140. The average Bonchev–Trinajstić information content (AvgIpc) is 2.67. The lowest BCUT2D eigenvalue weighted by Gasteiger charge is -2.30. The number of amides is 2. The lowest BCUT2D eigenvalue weighted by Crippen LogP contribution is -2.49. The van der Waals surface area contributed by atoms with Crippen LogP contribution in [-0.4, -0.2) is 28.8 Å². The van der Waals surface area contributed by atoms with E-state index in [-0.39, 0.29) is 24.3 Å². The molecule has 2 aromatic carbocycles. The minimum Gasteiger partial charge on any atom is -0.352 e. The molecule has 0 aliphatic heterocycles. The van der Waals surface area contributed by atoms with Gasteiger partial charge in [0.15, 0.2) is 0 Å². The molecule has 2 aromatic rings. The van der Waals surface area contributed by atoms with E-state index in [0.717, 1.165) is 17.5 Å². The molecule has 2 atom stereocenters. The van der Waals surface area contributed by atoms with Gasteiger partial charge in [0.1, 0.15) is 6.04 Å². The Kier molecular flexibility index (Phi) is 7.86. The van der Waals surface area contributed by atoms with Crippen LogP contribution >= 0.6 is 11.6 Å². The molecule has 4 nitrogen and oxygen atoms in total. The largest absolute Gasteiger partial charge is 0.352 e. The second kappa shape index (κ2) is 10.1. The van der Waals surface area contributed by atoms with Gasteiger partial charge in [-0.05, 0) is 43.5 Å². The molecule has 0 fully saturated rings. The fourth-order valence-corrected chi connectivity index (χ4v) is 2.83. The van der Waals surface area contributed by atoms with Crippen molar-refractivity contribution in [3.63, 3.8) is 0 Å². The number of nitrogens with zero attached hydrogens (tertiary/aromatic N) is 1. The predicted octanol–water partition coefficient (Wildman–Crippen LogP) is 4.21. The third kappa shape index (κ3) is 6.40. The molecule has 0 spiro atoms. The Morgan fingerprint density at radius 1 is 1.00 bits per heavy atom. The van der Waals surface area contributed by atoms with Gasteiger partial charge in [-0.2, -0.15) is 0 Å². The quantitative estimate of drug-likeness (QED) is 0.738. The Bertz CT molecular complexity index is 747. The molecule has 27 heavy (non-hydrogen) atoms. The van der Waals surface area contributed by atoms with E-state index in [2.05, 4.69) is 5.32 Å². The number of rotatable bonds is 8. The minimum atomic E-state index is -0.564. The maximum Gasteiger partial charge on any atom is 0.242 e. The summed E-state index contributed by atoms with van der Waals surface area (Å²) in [4.78, 5) is 27.3. The van der Waals surface area contributed by atoms with Crippen LogP contribution in [0.15, 0.2) is 54.6 Å². The molecule has 0 bridgehead atoms. The first kappa shape index (κ1) is 21.0. The van der Waals surface area contributed by atoms with Crippen LogP contribution in [0.5, 0.6) is 0 Å². The Labute approximate surface area is 166 Å². The molecule has 0 heterocycles. The van der Waals surface area contributed by atoms with E-state index >= 15 is 0 Å². The summed E-state index contributed by atoms with van der Waals surface area (Å²) in [6.45, 7) is 6.11. The number of carbonyl (C=O) groups is 2. The summed E-state index contributed by atoms with van der Waals surface area (Å²) in [6, 6.07) is 16.4. The molecule has 0 saturated carbocycles. The van der Waals surface area contributed by atoms with Crippen molar-refractivity contribution in [2.75, 3.05) is 0 Å². The van der Waals surface area contributed by atoms with Crippen molar-refractivity contribution in [3.8, 4) is 0 Å². The second-order valence-corrected chi connectivity index (χ2v) is 7.24. The number of hydrogen-bond donors (Lipinski definition) is 1. The normalized spacial score (nSPS) is 12.9. The molecule has 2 unspecified atom stereocenters. The minimum absolute atomic E-state index is 0.0709. The number of carbonyl (C=O) groups excluding carboxylic acids is 2. The van der Waals surface area contributed by atoms with Crippen LogP contribution in [0.4, 0.5) is 0 Å². The van der Waals surface area contributed by atoms with Gasteiger partial charge in [0.2, 0.25) is 11.8 Å². The van der Waals surface area contributed by atoms with Gasteiger partial charge in [0, 0.05) is 17.6 Å². The summed E-state index contributed by atoms with van der Waals surface area (Å²) < 4.78 is 0. The molecule has 0 saturated heterocycles. The number of halogens is 1. The van der Waals surface area contributed by atoms with E-state index in [1.165, 1.54) is 0 Å². The molecule has 144 valence electrons. The highest BCUT2D eigenvalue weighted by molar-refractivity contribution is 6.30. The van der Waals surface area contributed by atoms with Crippen LogP contribution in [0.2, 0.25) is 5.02 Å². The monoisotopic (exact) mass is 386 g/mol. The summed E-state index contributed by atoms with van der Waals surface area (Å²) in [5.74, 6) is -0.220. The molecule has 0 radical (unpaired) electrons. The van der Waals surface area contributed by atoms with Crippen LogP contribution < -0.4 is 5.32 Å². The van der Waals surface area contributed by atoms with Crippen molar-refractivity contribution in [2.45, 2.75) is 52.2 Å². The summed E-state index contributed by atoms with van der Waals surface area (Å²) in [6.07, 6.45) is 1.10. The Morgan fingerprint density at radius 3 is 2.22 bits per heavy atom. The van der Waals surface area contributed by atoms with Gasteiger partial charge in [0.25, 0.3) is 0 Å². The van der Waals surface area contributed by atoms with Gasteiger partial charge in [-0.3, -0.25) is 9.59 Å². The van der Waals surface area contributed by atoms with Crippen molar-refractivity contribution in [2.24, 2.45) is 0 Å². The van der Waals surface area contributed by atoms with Crippen LogP contribution in [0.3, 0.4) is 0 Å². The van der Waals surface area contributed by atoms with Gasteiger partial charge in [0.05, 0.1) is 6.42 Å². The zero-order valence-electron chi connectivity index (χ0n) is 16.1. The second-order valence-electron chi connectivity index (χ2n) is 6.80. The highest BCUT2D eigenvalue weighted by Gasteiger charge is 2.26. The van der Waals surface area contributed by atoms with Crippen molar-refractivity contribution in [1.82, 2.24) is 10.2 Å². The first-order valence-electron chi connectivity index (χ1n) is 9.29. The van der Waals surface area contributed by atoms with Crippen LogP contribution in [0, 0.1) is 0 Å². The van der Waals surface area contributed by atoms with E-state index in [9.17, 15) is 9.59 Å². The first-order chi connectivity index (χ1) is 12.9. The molecule has 5 heteroatoms. The summed E-state index contributed by atoms with van der Waals surface area (Å²) in [5, 5.41) is 3.61. The smallest absolute Gasteiger partial charge is 0.242 e. The molecule has 2 amide bonds. The maximum absolute atomic E-state index is 13.0. The Balaban J connectivity index is 2.19. The van der Waals surface area contributed by atoms with E-state index in [1.54, 1.807) is 24.0 Å². The van der Waals surface area contributed by atoms with Crippen molar-refractivity contribution >= 4 is 23.4 Å². The highest BCUT2D eigenvalue weighted by Crippen LogP contribution is 2.15. The number of benzene rings is 2. The fraction of sp³-hybridized carbons (Fsp3) is 0.364. The van der Waals surface area contributed by atoms with Crippen molar-refractivity contribution < 1.29 is 9.59 Å². The SMILES string of the molecule is CCC(C)NC(=O)C(C)N(Cc1ccc(Cl)cc1)C(=O)Cc1ccccc1. The van der Waals surface area contributed by atoms with Gasteiger partial charge >= 0.3 is 0 Å². The average molecular weight is 387 g/mol. The van der Waals surface area contributed by atoms with Crippen molar-refractivity contribution in [1.29, 1.82) is 0 Å². The maximum atomic E-state index is 13.0. The molecule has 0 aliphatic carbocycles.